The number of nitrogens with zero attached hydrogens (tertiary/aromatic N) is 1. The highest BCUT2D eigenvalue weighted by atomic mass is 32.1. The Morgan fingerprint density at radius 1 is 1.32 bits per heavy atom. The van der Waals surface area contributed by atoms with Crippen molar-refractivity contribution in [3.8, 4) is 0 Å². The standard InChI is InChI=1S/C14H21N3OS/c1-17(2,13(19)11-16-14(15)18)10-6-9-12-7-4-3-5-8-12/h3-5,7-8H,6,9-11H2,1-2H3,(H2-,15,16,18)/p+1. The van der Waals surface area contributed by atoms with Gasteiger partial charge in [-0.05, 0) is 24.2 Å². The molecule has 0 aliphatic rings. The summed E-state index contributed by atoms with van der Waals surface area (Å²) in [5.41, 5.74) is 6.38. The highest BCUT2D eigenvalue weighted by Crippen LogP contribution is 2.07. The maximum absolute atomic E-state index is 10.7. The second kappa shape index (κ2) is 7.21. The van der Waals surface area contributed by atoms with Crippen molar-refractivity contribution in [2.75, 3.05) is 27.2 Å². The first kappa shape index (κ1) is 15.6. The number of hydrogen-bond acceptors (Lipinski definition) is 2. The first-order valence-corrected chi connectivity index (χ1v) is 6.76. The van der Waals surface area contributed by atoms with Crippen molar-refractivity contribution in [1.82, 2.24) is 5.32 Å². The summed E-state index contributed by atoms with van der Waals surface area (Å²) in [6, 6.07) is 9.85. The summed E-state index contributed by atoms with van der Waals surface area (Å²) in [5, 5.41) is 2.54. The third kappa shape index (κ3) is 5.81. The molecule has 0 bridgehead atoms. The first-order chi connectivity index (χ1) is 8.92. The summed E-state index contributed by atoms with van der Waals surface area (Å²) in [4.78, 5) is 11.5. The van der Waals surface area contributed by atoms with Gasteiger partial charge in [0, 0.05) is 6.42 Å². The molecular weight excluding hydrogens is 258 g/mol. The lowest BCUT2D eigenvalue weighted by molar-refractivity contribution is -0.797. The van der Waals surface area contributed by atoms with E-state index in [1.165, 1.54) is 5.56 Å². The molecule has 1 aromatic rings. The topological polar surface area (TPSA) is 55.1 Å². The van der Waals surface area contributed by atoms with E-state index in [0.717, 1.165) is 24.4 Å². The van der Waals surface area contributed by atoms with E-state index in [4.69, 9.17) is 18.0 Å². The Labute approximate surface area is 120 Å². The number of carbonyl (C=O) groups excluding carboxylic acids is 1. The molecule has 0 spiro atoms. The van der Waals surface area contributed by atoms with Crippen LogP contribution in [0.1, 0.15) is 12.0 Å². The maximum Gasteiger partial charge on any atom is 0.312 e. The molecule has 0 saturated carbocycles. The summed E-state index contributed by atoms with van der Waals surface area (Å²) < 4.78 is 0.614. The monoisotopic (exact) mass is 280 g/mol. The van der Waals surface area contributed by atoms with E-state index < -0.39 is 6.03 Å². The van der Waals surface area contributed by atoms with Crippen LogP contribution in [-0.4, -0.2) is 42.7 Å². The third-order valence-electron chi connectivity index (χ3n) is 3.11. The Hall–Kier alpha value is -1.46. The van der Waals surface area contributed by atoms with E-state index in [1.54, 1.807) is 0 Å². The van der Waals surface area contributed by atoms with Gasteiger partial charge in [-0.25, -0.2) is 4.79 Å². The Kier molecular flexibility index (Phi) is 5.92. The van der Waals surface area contributed by atoms with Crippen molar-refractivity contribution >= 4 is 23.2 Å². The Balaban J connectivity index is 2.37. The van der Waals surface area contributed by atoms with Gasteiger partial charge in [0.05, 0.1) is 20.6 Å². The molecule has 2 amide bonds. The van der Waals surface area contributed by atoms with Crippen LogP contribution < -0.4 is 11.1 Å². The van der Waals surface area contributed by atoms with E-state index in [9.17, 15) is 4.79 Å². The number of likely N-dealkylation sites (N-methyl/N-ethyl adjacent to an activating group) is 1. The van der Waals surface area contributed by atoms with Gasteiger partial charge in [0.15, 0.2) is 4.99 Å². The molecular formula is C14H22N3OS+. The quantitative estimate of drug-likeness (QED) is 0.615. The minimum atomic E-state index is -0.536. The molecule has 0 unspecified atom stereocenters. The number of rotatable bonds is 6. The summed E-state index contributed by atoms with van der Waals surface area (Å²) in [6.07, 6.45) is 2.09. The van der Waals surface area contributed by atoms with Crippen LogP contribution in [0.25, 0.3) is 0 Å². The zero-order chi connectivity index (χ0) is 14.3. The molecule has 0 fully saturated rings. The van der Waals surface area contributed by atoms with Gasteiger partial charge in [-0.15, -0.1) is 0 Å². The molecule has 3 N–H and O–H groups in total. The molecule has 0 aliphatic heterocycles. The van der Waals surface area contributed by atoms with Gasteiger partial charge in [-0.2, -0.15) is 0 Å². The number of hydrogen-bond donors (Lipinski definition) is 2. The van der Waals surface area contributed by atoms with Crippen LogP contribution in [0.3, 0.4) is 0 Å². The van der Waals surface area contributed by atoms with Gasteiger partial charge >= 0.3 is 6.03 Å². The fourth-order valence-corrected chi connectivity index (χ4v) is 1.99. The number of aryl methyl sites for hydroxylation is 1. The van der Waals surface area contributed by atoms with Gasteiger partial charge in [-0.1, -0.05) is 30.3 Å². The van der Waals surface area contributed by atoms with E-state index in [-0.39, 0.29) is 0 Å². The smallest absolute Gasteiger partial charge is 0.312 e. The number of quaternary nitrogens is 1. The number of amides is 2. The lowest BCUT2D eigenvalue weighted by Crippen LogP contribution is -2.50. The van der Waals surface area contributed by atoms with E-state index >= 15 is 0 Å². The number of primary amides is 1. The third-order valence-corrected chi connectivity index (χ3v) is 3.75. The number of urea groups is 1. The van der Waals surface area contributed by atoms with Gasteiger partial charge in [0.25, 0.3) is 0 Å². The predicted octanol–water partition coefficient (Wildman–Crippen LogP) is 1.69. The molecule has 0 saturated heterocycles. The van der Waals surface area contributed by atoms with Crippen LogP contribution in [0.5, 0.6) is 0 Å². The van der Waals surface area contributed by atoms with E-state index in [0.29, 0.717) is 11.0 Å². The van der Waals surface area contributed by atoms with Crippen LogP contribution in [0.2, 0.25) is 0 Å². The van der Waals surface area contributed by atoms with Crippen molar-refractivity contribution in [3.05, 3.63) is 35.9 Å². The Morgan fingerprint density at radius 3 is 2.53 bits per heavy atom. The van der Waals surface area contributed by atoms with Crippen LogP contribution >= 0.6 is 12.2 Å². The van der Waals surface area contributed by atoms with Crippen LogP contribution in [0, 0.1) is 0 Å². The highest BCUT2D eigenvalue weighted by Gasteiger charge is 2.21. The lowest BCUT2D eigenvalue weighted by Gasteiger charge is -2.29. The van der Waals surface area contributed by atoms with Crippen LogP contribution in [-0.2, 0) is 6.42 Å². The SMILES string of the molecule is C[N+](C)(CCCc1ccccc1)C(=S)CNC(N)=O. The zero-order valence-corrected chi connectivity index (χ0v) is 12.4. The molecule has 0 heterocycles. The largest absolute Gasteiger partial charge is 0.352 e. The zero-order valence-electron chi connectivity index (χ0n) is 11.6. The number of carbonyl (C=O) groups is 1. The minimum absolute atomic E-state index is 0.350. The molecule has 1 rings (SSSR count). The molecule has 4 nitrogen and oxygen atoms in total. The molecule has 0 radical (unpaired) electrons. The number of benzene rings is 1. The van der Waals surface area contributed by atoms with Crippen molar-refractivity contribution < 1.29 is 9.28 Å². The van der Waals surface area contributed by atoms with Crippen molar-refractivity contribution in [2.24, 2.45) is 5.73 Å². The molecule has 0 aromatic heterocycles. The number of nitrogens with two attached hydrogens (primary N) is 1. The summed E-state index contributed by atoms with van der Waals surface area (Å²) >= 11 is 5.34. The van der Waals surface area contributed by atoms with E-state index in [2.05, 4.69) is 43.7 Å². The average Bonchev–Trinajstić information content (AvgIpc) is 2.36. The summed E-state index contributed by atoms with van der Waals surface area (Å²) in [5.74, 6) is 0. The summed E-state index contributed by atoms with van der Waals surface area (Å²) in [7, 11) is 4.10. The number of nitrogens with one attached hydrogen (secondary N) is 1. The molecule has 0 atom stereocenters. The molecule has 1 aromatic carbocycles. The van der Waals surface area contributed by atoms with Crippen molar-refractivity contribution in [1.29, 1.82) is 0 Å². The van der Waals surface area contributed by atoms with Crippen molar-refractivity contribution in [3.63, 3.8) is 0 Å². The molecule has 5 heteroatoms. The minimum Gasteiger partial charge on any atom is -0.352 e. The van der Waals surface area contributed by atoms with Crippen LogP contribution in [0.4, 0.5) is 4.79 Å². The molecule has 104 valence electrons. The normalized spacial score (nSPS) is 11.1. The second-order valence-corrected chi connectivity index (χ2v) is 5.58. The second-order valence-electron chi connectivity index (χ2n) is 5.11. The molecule has 0 aliphatic carbocycles. The summed E-state index contributed by atoms with van der Waals surface area (Å²) in [6.45, 7) is 1.29. The fraction of sp³-hybridized carbons (Fsp3) is 0.429. The highest BCUT2D eigenvalue weighted by molar-refractivity contribution is 7.80. The maximum atomic E-state index is 10.7. The van der Waals surface area contributed by atoms with Gasteiger partial charge < -0.3 is 11.1 Å². The van der Waals surface area contributed by atoms with E-state index in [1.807, 2.05) is 6.07 Å². The van der Waals surface area contributed by atoms with Gasteiger partial charge in [0.2, 0.25) is 0 Å². The first-order valence-electron chi connectivity index (χ1n) is 6.35. The Bertz CT molecular complexity index is 432. The van der Waals surface area contributed by atoms with Gasteiger partial charge in [0.1, 0.15) is 6.54 Å². The molecule has 19 heavy (non-hydrogen) atoms. The predicted molar refractivity (Wildman–Crippen MR) is 81.9 cm³/mol. The van der Waals surface area contributed by atoms with Crippen LogP contribution in [0.15, 0.2) is 30.3 Å². The van der Waals surface area contributed by atoms with Crippen molar-refractivity contribution in [2.45, 2.75) is 12.8 Å². The lowest BCUT2D eigenvalue weighted by atomic mass is 10.1. The fourth-order valence-electron chi connectivity index (χ4n) is 1.82. The van der Waals surface area contributed by atoms with Gasteiger partial charge in [-0.3, -0.25) is 4.48 Å². The Morgan fingerprint density at radius 2 is 1.95 bits per heavy atom. The number of thiocarbonyl (C=S) groups is 1. The average molecular weight is 280 g/mol.